The number of ketones is 1. The Morgan fingerprint density at radius 1 is 1.06 bits per heavy atom. The normalized spacial score (nSPS) is 9.82. The molecule has 33 heavy (non-hydrogen) atoms. The Morgan fingerprint density at radius 3 is 1.88 bits per heavy atom. The SMILES string of the molecule is CC.CCN(CC)CC.CS(=O)(=O)OO.Cc1cccc[n+]1CC(=O)c1ccc(C#N)cc1. The van der Waals surface area contributed by atoms with Crippen molar-refractivity contribution in [2.75, 3.05) is 25.9 Å². The van der Waals surface area contributed by atoms with Crippen molar-refractivity contribution in [2.24, 2.45) is 0 Å². The van der Waals surface area contributed by atoms with Crippen LogP contribution >= 0.6 is 0 Å². The van der Waals surface area contributed by atoms with Gasteiger partial charge in [0.15, 0.2) is 11.9 Å². The number of carbonyl (C=O) groups is 1. The molecule has 1 heterocycles. The van der Waals surface area contributed by atoms with Gasteiger partial charge in [-0.2, -0.15) is 18.2 Å². The van der Waals surface area contributed by atoms with Gasteiger partial charge in [-0.1, -0.05) is 40.7 Å². The minimum absolute atomic E-state index is 0.0405. The number of nitriles is 1. The number of pyridine rings is 1. The molecule has 1 aromatic carbocycles. The fourth-order valence-electron chi connectivity index (χ4n) is 2.39. The lowest BCUT2D eigenvalue weighted by Gasteiger charge is -2.13. The summed E-state index contributed by atoms with van der Waals surface area (Å²) in [5.74, 6) is 0.0405. The summed E-state index contributed by atoms with van der Waals surface area (Å²) in [7, 11) is -3.61. The van der Waals surface area contributed by atoms with Crippen LogP contribution in [-0.4, -0.2) is 50.2 Å². The van der Waals surface area contributed by atoms with Gasteiger partial charge < -0.3 is 4.90 Å². The first-order valence-corrected chi connectivity index (χ1v) is 12.7. The van der Waals surface area contributed by atoms with Crippen molar-refractivity contribution < 1.29 is 27.4 Å². The fraction of sp³-hybridized carbons (Fsp3) is 0.458. The predicted octanol–water partition coefficient (Wildman–Crippen LogP) is 3.85. The standard InChI is InChI=1S/C15H13N2O.C6H15N.C2H6.CH4O4S/c1-12-4-2-3-9-17(12)11-15(18)14-7-5-13(10-16)6-8-14;1-4-7(5-2)6-3;1-2;1-6(3,4)5-2/h2-9H,11H2,1H3;4-6H2,1-3H3;1-2H3;2H,1H3/q+1;;;. The summed E-state index contributed by atoms with van der Waals surface area (Å²) in [4.78, 5) is 14.4. The number of carbonyl (C=O) groups excluding carboxylic acids is 1. The van der Waals surface area contributed by atoms with Crippen LogP contribution in [0.4, 0.5) is 0 Å². The van der Waals surface area contributed by atoms with E-state index in [1.54, 1.807) is 24.3 Å². The molecule has 0 unspecified atom stereocenters. The van der Waals surface area contributed by atoms with Gasteiger partial charge in [0.25, 0.3) is 10.1 Å². The van der Waals surface area contributed by atoms with Crippen LogP contribution in [0.1, 0.15) is 56.2 Å². The number of hydrogen-bond donors (Lipinski definition) is 1. The molecule has 2 aromatic rings. The van der Waals surface area contributed by atoms with Crippen molar-refractivity contribution in [2.45, 2.75) is 48.1 Å². The molecule has 0 atom stereocenters. The molecule has 9 heteroatoms. The zero-order valence-corrected chi connectivity index (χ0v) is 21.6. The average Bonchev–Trinajstić information content (AvgIpc) is 2.83. The highest BCUT2D eigenvalue weighted by molar-refractivity contribution is 7.85. The van der Waals surface area contributed by atoms with Gasteiger partial charge in [0.1, 0.15) is 0 Å². The van der Waals surface area contributed by atoms with Gasteiger partial charge in [-0.15, -0.1) is 4.33 Å². The molecule has 0 radical (unpaired) electrons. The molecule has 0 aliphatic heterocycles. The van der Waals surface area contributed by atoms with Crippen molar-refractivity contribution in [3.63, 3.8) is 0 Å². The van der Waals surface area contributed by atoms with Crippen molar-refractivity contribution in [1.82, 2.24) is 4.90 Å². The first-order chi connectivity index (χ1) is 15.6. The predicted molar refractivity (Wildman–Crippen MR) is 130 cm³/mol. The lowest BCUT2D eigenvalue weighted by Crippen LogP contribution is -2.40. The second kappa shape index (κ2) is 18.9. The van der Waals surface area contributed by atoms with Crippen LogP contribution in [0, 0.1) is 18.3 Å². The van der Waals surface area contributed by atoms with Gasteiger partial charge in [-0.05, 0) is 43.9 Å². The van der Waals surface area contributed by atoms with E-state index >= 15 is 0 Å². The molecule has 8 nitrogen and oxygen atoms in total. The average molecular weight is 481 g/mol. The zero-order valence-electron chi connectivity index (χ0n) is 20.8. The number of benzene rings is 1. The van der Waals surface area contributed by atoms with Gasteiger partial charge in [0.2, 0.25) is 12.3 Å². The van der Waals surface area contributed by atoms with E-state index in [9.17, 15) is 13.2 Å². The highest BCUT2D eigenvalue weighted by Crippen LogP contribution is 2.04. The summed E-state index contributed by atoms with van der Waals surface area (Å²) in [5.41, 5.74) is 2.24. The van der Waals surface area contributed by atoms with Crippen LogP contribution in [0.25, 0.3) is 0 Å². The van der Waals surface area contributed by atoms with Crippen molar-refractivity contribution in [1.29, 1.82) is 5.26 Å². The second-order valence-electron chi connectivity index (χ2n) is 6.48. The van der Waals surface area contributed by atoms with E-state index in [4.69, 9.17) is 10.5 Å². The molecule has 0 aliphatic carbocycles. The fourth-order valence-corrected chi connectivity index (χ4v) is 2.39. The Hall–Kier alpha value is -2.64. The quantitative estimate of drug-likeness (QED) is 0.277. The van der Waals surface area contributed by atoms with Crippen molar-refractivity contribution in [3.05, 3.63) is 65.5 Å². The molecule has 0 saturated heterocycles. The lowest BCUT2D eigenvalue weighted by molar-refractivity contribution is -0.689. The first-order valence-electron chi connectivity index (χ1n) is 10.9. The number of aryl methyl sites for hydroxylation is 1. The van der Waals surface area contributed by atoms with Crippen LogP contribution in [0.2, 0.25) is 0 Å². The molecular weight excluding hydrogens is 442 g/mol. The zero-order chi connectivity index (χ0) is 25.9. The monoisotopic (exact) mass is 480 g/mol. The Balaban J connectivity index is 0. The van der Waals surface area contributed by atoms with Crippen molar-refractivity contribution in [3.8, 4) is 6.07 Å². The largest absolute Gasteiger partial charge is 0.304 e. The van der Waals surface area contributed by atoms with E-state index in [2.05, 4.69) is 30.0 Å². The highest BCUT2D eigenvalue weighted by atomic mass is 32.2. The number of hydrogen-bond acceptors (Lipinski definition) is 7. The van der Waals surface area contributed by atoms with E-state index in [1.807, 2.05) is 55.8 Å². The highest BCUT2D eigenvalue weighted by Gasteiger charge is 2.13. The number of rotatable bonds is 7. The van der Waals surface area contributed by atoms with Crippen LogP contribution in [0.5, 0.6) is 0 Å². The molecule has 0 bridgehead atoms. The summed E-state index contributed by atoms with van der Waals surface area (Å²) in [5, 5.41) is 16.0. The summed E-state index contributed by atoms with van der Waals surface area (Å²) in [6.45, 7) is 16.4. The molecular formula is C24H38N3O5S+. The maximum atomic E-state index is 12.1. The van der Waals surface area contributed by atoms with E-state index < -0.39 is 10.1 Å². The minimum atomic E-state index is -3.61. The molecule has 0 aliphatic rings. The van der Waals surface area contributed by atoms with Gasteiger partial charge in [0.05, 0.1) is 17.9 Å². The maximum absolute atomic E-state index is 12.1. The maximum Gasteiger partial charge on any atom is 0.290 e. The van der Waals surface area contributed by atoms with Crippen molar-refractivity contribution >= 4 is 15.9 Å². The molecule has 1 N–H and O–H groups in total. The number of aromatic nitrogens is 1. The molecule has 2 rings (SSSR count). The summed E-state index contributed by atoms with van der Waals surface area (Å²) < 4.78 is 23.9. The van der Waals surface area contributed by atoms with Crippen LogP contribution in [-0.2, 0) is 21.0 Å². The third-order valence-corrected chi connectivity index (χ3v) is 4.57. The Morgan fingerprint density at radius 2 is 1.55 bits per heavy atom. The van der Waals surface area contributed by atoms with E-state index in [0.717, 1.165) is 11.9 Å². The third-order valence-electron chi connectivity index (χ3n) is 4.29. The van der Waals surface area contributed by atoms with Gasteiger partial charge in [0, 0.05) is 24.6 Å². The first kappa shape index (κ1) is 32.5. The van der Waals surface area contributed by atoms with E-state index in [1.165, 1.54) is 19.6 Å². The topological polar surface area (TPSA) is 112 Å². The molecule has 0 saturated carbocycles. The van der Waals surface area contributed by atoms with Gasteiger partial charge in [-0.25, -0.2) is 5.26 Å². The Labute approximate surface area is 199 Å². The van der Waals surface area contributed by atoms with Crippen LogP contribution < -0.4 is 4.57 Å². The third kappa shape index (κ3) is 15.7. The number of nitrogens with zero attached hydrogens (tertiary/aromatic N) is 3. The molecule has 0 fully saturated rings. The molecule has 184 valence electrons. The van der Waals surface area contributed by atoms with E-state index in [0.29, 0.717) is 17.7 Å². The smallest absolute Gasteiger partial charge is 0.290 e. The van der Waals surface area contributed by atoms with E-state index in [-0.39, 0.29) is 5.78 Å². The van der Waals surface area contributed by atoms with Crippen LogP contribution in [0.15, 0.2) is 48.7 Å². The summed E-state index contributed by atoms with van der Waals surface area (Å²) >= 11 is 0. The molecule has 0 spiro atoms. The summed E-state index contributed by atoms with van der Waals surface area (Å²) in [6, 6.07) is 14.6. The van der Waals surface area contributed by atoms with Gasteiger partial charge >= 0.3 is 0 Å². The van der Waals surface area contributed by atoms with Gasteiger partial charge in [-0.3, -0.25) is 4.79 Å². The molecule has 1 aromatic heterocycles. The lowest BCUT2D eigenvalue weighted by atomic mass is 10.1. The summed E-state index contributed by atoms with van der Waals surface area (Å²) in [6.07, 6.45) is 2.63. The Kier molecular flexibility index (Phi) is 18.6. The molecule has 0 amide bonds. The second-order valence-corrected chi connectivity index (χ2v) is 8.04. The number of Topliss-reactive ketones (excluding diaryl/α,β-unsaturated/α-hetero) is 1. The Bertz CT molecular complexity index is 930. The minimum Gasteiger partial charge on any atom is -0.304 e. The van der Waals surface area contributed by atoms with Crippen LogP contribution in [0.3, 0.4) is 0 Å².